The Balaban J connectivity index is 1.76. The van der Waals surface area contributed by atoms with E-state index in [0.717, 1.165) is 16.9 Å². The van der Waals surface area contributed by atoms with Gasteiger partial charge in [-0.15, -0.1) is 15.6 Å². The van der Waals surface area contributed by atoms with Crippen molar-refractivity contribution in [3.63, 3.8) is 0 Å². The van der Waals surface area contributed by atoms with Crippen LogP contribution in [-0.2, 0) is 33.9 Å². The van der Waals surface area contributed by atoms with Gasteiger partial charge in [0.05, 0.1) is 5.54 Å². The van der Waals surface area contributed by atoms with E-state index in [9.17, 15) is 27.9 Å². The zero-order valence-electron chi connectivity index (χ0n) is 21.8. The number of amides is 2. The van der Waals surface area contributed by atoms with Crippen LogP contribution in [0, 0.1) is 5.41 Å². The predicted molar refractivity (Wildman–Crippen MR) is 145 cm³/mol. The average molecular weight is 611 g/mol. The van der Waals surface area contributed by atoms with E-state index in [1.165, 1.54) is 25.4 Å². The fraction of sp³-hybridized carbons (Fsp3) is 0.304. The number of nitrogen functional groups attached to an aromatic ring is 1. The third-order valence-corrected chi connectivity index (χ3v) is 6.71. The van der Waals surface area contributed by atoms with Gasteiger partial charge >= 0.3 is 16.4 Å². The first-order valence-corrected chi connectivity index (χ1v) is 13.8. The van der Waals surface area contributed by atoms with Crippen molar-refractivity contribution in [1.29, 1.82) is 5.41 Å². The molecule has 1 unspecified atom stereocenters. The summed E-state index contributed by atoms with van der Waals surface area (Å²) in [4.78, 5) is 46.4. The SMILES string of the molecule is C/C=C(\C=N)c1ccc(OCC(O/N=C(\C(=O)N[C@@H]2C(=O)N(OS(=O)(=O)O)C2(C)C)c2csc(N)n2)C(=O)O)cc1. The molecule has 220 valence electrons. The molecule has 1 fully saturated rings. The molecule has 1 aliphatic heterocycles. The maximum Gasteiger partial charge on any atom is 0.418 e. The Morgan fingerprint density at radius 3 is 2.49 bits per heavy atom. The Morgan fingerprint density at radius 1 is 1.34 bits per heavy atom. The number of ether oxygens (including phenoxy) is 1. The molecule has 2 aromatic rings. The summed E-state index contributed by atoms with van der Waals surface area (Å²) in [6.45, 7) is 3.98. The number of nitrogens with two attached hydrogens (primary N) is 1. The minimum atomic E-state index is -5.01. The summed E-state index contributed by atoms with van der Waals surface area (Å²) in [6, 6.07) is 5.20. The van der Waals surface area contributed by atoms with Crippen molar-refractivity contribution in [3.8, 4) is 5.75 Å². The fourth-order valence-electron chi connectivity index (χ4n) is 3.53. The third kappa shape index (κ3) is 7.42. The zero-order valence-corrected chi connectivity index (χ0v) is 23.4. The van der Waals surface area contributed by atoms with Gasteiger partial charge in [-0.2, -0.15) is 13.5 Å². The number of nitrogens with one attached hydrogen (secondary N) is 2. The number of hydrogen-bond acceptors (Lipinski definition) is 13. The number of nitrogens with zero attached hydrogens (tertiary/aromatic N) is 3. The highest BCUT2D eigenvalue weighted by Crippen LogP contribution is 2.33. The van der Waals surface area contributed by atoms with Gasteiger partial charge in [0, 0.05) is 11.6 Å². The minimum Gasteiger partial charge on any atom is -0.489 e. The van der Waals surface area contributed by atoms with Gasteiger partial charge in [-0.1, -0.05) is 23.4 Å². The van der Waals surface area contributed by atoms with Gasteiger partial charge in [-0.25, -0.2) is 9.78 Å². The van der Waals surface area contributed by atoms with E-state index in [2.05, 4.69) is 19.7 Å². The monoisotopic (exact) mass is 610 g/mol. The van der Waals surface area contributed by atoms with Crippen molar-refractivity contribution in [3.05, 3.63) is 47.0 Å². The Bertz CT molecular complexity index is 1500. The molecule has 1 aliphatic rings. The molecule has 2 amide bonds. The molecule has 6 N–H and O–H groups in total. The summed E-state index contributed by atoms with van der Waals surface area (Å²) in [6.07, 6.45) is 1.27. The first kappa shape index (κ1) is 31.1. The van der Waals surface area contributed by atoms with E-state index < -0.39 is 58.2 Å². The third-order valence-electron chi connectivity index (χ3n) is 5.70. The smallest absolute Gasteiger partial charge is 0.418 e. The van der Waals surface area contributed by atoms with Crippen molar-refractivity contribution >= 4 is 62.2 Å². The Labute approximate surface area is 237 Å². The molecule has 41 heavy (non-hydrogen) atoms. The summed E-state index contributed by atoms with van der Waals surface area (Å²) in [7, 11) is -5.01. The van der Waals surface area contributed by atoms with Gasteiger partial charge in [0.25, 0.3) is 17.9 Å². The van der Waals surface area contributed by atoms with Gasteiger partial charge < -0.3 is 31.1 Å². The van der Waals surface area contributed by atoms with E-state index in [4.69, 9.17) is 25.3 Å². The maximum atomic E-state index is 13.1. The molecule has 2 heterocycles. The summed E-state index contributed by atoms with van der Waals surface area (Å²) in [5, 5.41) is 24.8. The predicted octanol–water partition coefficient (Wildman–Crippen LogP) is 0.871. The molecular weight excluding hydrogens is 584 g/mol. The normalized spacial score (nSPS) is 17.8. The lowest BCUT2D eigenvalue weighted by molar-refractivity contribution is -0.218. The van der Waals surface area contributed by atoms with Crippen molar-refractivity contribution in [2.24, 2.45) is 5.16 Å². The van der Waals surface area contributed by atoms with Crippen LogP contribution in [0.4, 0.5) is 5.13 Å². The number of carboxylic acid groups (broad SMARTS) is 1. The molecule has 1 aromatic carbocycles. The minimum absolute atomic E-state index is 0.0546. The van der Waals surface area contributed by atoms with E-state index in [0.29, 0.717) is 16.4 Å². The van der Waals surface area contributed by atoms with Crippen LogP contribution in [0.1, 0.15) is 32.0 Å². The fourth-order valence-corrected chi connectivity index (χ4v) is 4.53. The molecule has 3 rings (SSSR count). The van der Waals surface area contributed by atoms with Crippen LogP contribution in [0.15, 0.2) is 40.9 Å². The molecule has 0 saturated carbocycles. The zero-order chi connectivity index (χ0) is 30.5. The number of benzene rings is 1. The number of carbonyl (C=O) groups excluding carboxylic acids is 2. The molecule has 16 nitrogen and oxygen atoms in total. The van der Waals surface area contributed by atoms with Crippen molar-refractivity contribution in [1.82, 2.24) is 15.4 Å². The van der Waals surface area contributed by atoms with Gasteiger partial charge in [0.1, 0.15) is 24.1 Å². The highest BCUT2D eigenvalue weighted by Gasteiger charge is 2.58. The number of aliphatic carboxylic acids is 1. The Kier molecular flexibility index (Phi) is 9.43. The summed E-state index contributed by atoms with van der Waals surface area (Å²) >= 11 is 0.952. The van der Waals surface area contributed by atoms with Gasteiger partial charge in [-0.3, -0.25) is 14.1 Å². The quantitative estimate of drug-likeness (QED) is 0.0918. The summed E-state index contributed by atoms with van der Waals surface area (Å²) in [5.74, 6) is -3.18. The number of thiazole rings is 1. The summed E-state index contributed by atoms with van der Waals surface area (Å²) < 4.78 is 40.7. The van der Waals surface area contributed by atoms with Crippen molar-refractivity contribution in [2.75, 3.05) is 12.3 Å². The van der Waals surface area contributed by atoms with Gasteiger partial charge in [-0.05, 0) is 44.0 Å². The topological polar surface area (TPSA) is 244 Å². The number of carboxylic acids is 1. The number of carbonyl (C=O) groups is 3. The Morgan fingerprint density at radius 2 is 2.00 bits per heavy atom. The van der Waals surface area contributed by atoms with Crippen LogP contribution >= 0.6 is 11.3 Å². The lowest BCUT2D eigenvalue weighted by atomic mass is 9.84. The lowest BCUT2D eigenvalue weighted by Crippen LogP contribution is -2.76. The standard InChI is InChI=1S/C23H26N6O10S2/c1-4-12(9-24)13-5-7-14(8-6-13)37-10-16(21(32)33)38-28-17(15-11-40-22(25)26-15)19(30)27-18-20(31)29(23(18,2)3)39-41(34,35)36/h4-9,11,16,18,24H,10H2,1-3H3,(H2,25,26)(H,27,30)(H,32,33)(H,34,35,36)/b12-4+,24-9?,28-17-/t16?,18-/m1/s1. The van der Waals surface area contributed by atoms with E-state index in [1.807, 2.05) is 0 Å². The van der Waals surface area contributed by atoms with Crippen LogP contribution < -0.4 is 15.8 Å². The van der Waals surface area contributed by atoms with Crippen molar-refractivity contribution < 1.29 is 46.3 Å². The molecule has 0 radical (unpaired) electrons. The highest BCUT2D eigenvalue weighted by molar-refractivity contribution is 7.80. The van der Waals surface area contributed by atoms with E-state index in [1.54, 1.807) is 37.3 Å². The molecule has 1 saturated heterocycles. The molecule has 0 bridgehead atoms. The number of rotatable bonds is 13. The second-order valence-electron chi connectivity index (χ2n) is 8.86. The molecule has 1 aromatic heterocycles. The second-order valence-corrected chi connectivity index (χ2v) is 10.8. The average Bonchev–Trinajstić information content (AvgIpc) is 3.33. The molecule has 18 heteroatoms. The first-order valence-electron chi connectivity index (χ1n) is 11.6. The van der Waals surface area contributed by atoms with E-state index in [-0.39, 0.29) is 10.8 Å². The highest BCUT2D eigenvalue weighted by atomic mass is 32.3. The largest absolute Gasteiger partial charge is 0.489 e. The maximum absolute atomic E-state index is 13.1. The number of aromatic nitrogens is 1. The van der Waals surface area contributed by atoms with Crippen LogP contribution in [0.3, 0.4) is 0 Å². The van der Waals surface area contributed by atoms with Crippen LogP contribution in [-0.4, -0.2) is 82.1 Å². The van der Waals surface area contributed by atoms with Crippen LogP contribution in [0.2, 0.25) is 0 Å². The number of oxime groups is 1. The Hall–Kier alpha value is -4.39. The first-order chi connectivity index (χ1) is 19.2. The second kappa shape index (κ2) is 12.4. The van der Waals surface area contributed by atoms with Crippen LogP contribution in [0.25, 0.3) is 5.57 Å². The number of allylic oxidation sites excluding steroid dienone is 2. The van der Waals surface area contributed by atoms with Crippen LogP contribution in [0.5, 0.6) is 5.75 Å². The number of β-lactam (4-membered cyclic amide) rings is 1. The van der Waals surface area contributed by atoms with Gasteiger partial charge in [0.15, 0.2) is 10.8 Å². The molecular formula is C23H26N6O10S2. The number of hydrogen-bond donors (Lipinski definition) is 5. The van der Waals surface area contributed by atoms with Gasteiger partial charge in [0.2, 0.25) is 0 Å². The van der Waals surface area contributed by atoms with E-state index >= 15 is 0 Å². The summed E-state index contributed by atoms with van der Waals surface area (Å²) in [5.41, 5.74) is 5.04. The molecule has 2 atom stereocenters. The number of hydroxylamine groups is 2. The number of anilines is 1. The lowest BCUT2D eigenvalue weighted by Gasteiger charge is -2.50. The molecule has 0 aliphatic carbocycles. The molecule has 0 spiro atoms. The van der Waals surface area contributed by atoms with Crippen molar-refractivity contribution in [2.45, 2.75) is 38.5 Å².